The van der Waals surface area contributed by atoms with Crippen molar-refractivity contribution in [1.29, 1.82) is 0 Å². The molecule has 3 rings (SSSR count). The number of benzene rings is 1. The van der Waals surface area contributed by atoms with E-state index in [9.17, 15) is 5.11 Å². The highest BCUT2D eigenvalue weighted by Gasteiger charge is 2.32. The largest absolute Gasteiger partial charge is 0.388 e. The summed E-state index contributed by atoms with van der Waals surface area (Å²) >= 11 is 12.3. The van der Waals surface area contributed by atoms with Crippen molar-refractivity contribution in [2.24, 2.45) is 0 Å². The van der Waals surface area contributed by atoms with Gasteiger partial charge in [-0.2, -0.15) is 0 Å². The van der Waals surface area contributed by atoms with Crippen LogP contribution < -0.4 is 0 Å². The number of hydrogen-bond acceptors (Lipinski definition) is 2. The van der Waals surface area contributed by atoms with Crippen LogP contribution in [0.1, 0.15) is 35.3 Å². The first kappa shape index (κ1) is 12.9. The lowest BCUT2D eigenvalue weighted by atomic mass is 9.93. The number of aliphatic hydroxyl groups excluding tert-OH is 1. The second-order valence-corrected chi connectivity index (χ2v) is 5.59. The highest BCUT2D eigenvalue weighted by atomic mass is 35.5. The summed E-state index contributed by atoms with van der Waals surface area (Å²) in [6, 6.07) is 9.27. The van der Waals surface area contributed by atoms with Crippen LogP contribution in [0.15, 0.2) is 36.5 Å². The standard InChI is InChI=1S/C15H13Cl2NO/c16-11-4-1-5-12(17)13(11)15(19)10-7-6-9-3-2-8-18-14(9)10/h1-5,8,10,15,19H,6-7H2. The molecule has 2 unspecified atom stereocenters. The molecule has 1 N–H and O–H groups in total. The Bertz CT molecular complexity index is 595. The highest BCUT2D eigenvalue weighted by molar-refractivity contribution is 6.36. The van der Waals surface area contributed by atoms with Crippen molar-refractivity contribution in [1.82, 2.24) is 4.98 Å². The molecule has 0 spiro atoms. The van der Waals surface area contributed by atoms with E-state index < -0.39 is 6.10 Å². The van der Waals surface area contributed by atoms with Crippen LogP contribution >= 0.6 is 23.2 Å². The first-order valence-corrected chi connectivity index (χ1v) is 7.00. The minimum atomic E-state index is -0.711. The molecule has 0 saturated heterocycles. The first-order chi connectivity index (χ1) is 9.18. The summed E-state index contributed by atoms with van der Waals surface area (Å²) in [5.74, 6) is -0.0337. The van der Waals surface area contributed by atoms with Crippen LogP contribution in [0.3, 0.4) is 0 Å². The van der Waals surface area contributed by atoms with Crippen LogP contribution in [0.4, 0.5) is 0 Å². The van der Waals surface area contributed by atoms with Crippen molar-refractivity contribution in [3.05, 3.63) is 63.4 Å². The number of nitrogens with zero attached hydrogens (tertiary/aromatic N) is 1. The first-order valence-electron chi connectivity index (χ1n) is 6.24. The van der Waals surface area contributed by atoms with Crippen LogP contribution in [0.5, 0.6) is 0 Å². The number of aliphatic hydroxyl groups is 1. The van der Waals surface area contributed by atoms with Gasteiger partial charge in [0.15, 0.2) is 0 Å². The molecule has 4 heteroatoms. The van der Waals surface area contributed by atoms with E-state index >= 15 is 0 Å². The van der Waals surface area contributed by atoms with Gasteiger partial charge in [-0.15, -0.1) is 0 Å². The number of pyridine rings is 1. The normalized spacial score (nSPS) is 19.2. The van der Waals surface area contributed by atoms with Gasteiger partial charge in [-0.25, -0.2) is 0 Å². The SMILES string of the molecule is OC(c1c(Cl)cccc1Cl)C1CCc2cccnc21. The third kappa shape index (κ3) is 2.25. The minimum absolute atomic E-state index is 0.0337. The van der Waals surface area contributed by atoms with Gasteiger partial charge in [0.2, 0.25) is 0 Å². The fraction of sp³-hybridized carbons (Fsp3) is 0.267. The molecule has 0 radical (unpaired) electrons. The van der Waals surface area contributed by atoms with E-state index in [4.69, 9.17) is 23.2 Å². The molecule has 2 nitrogen and oxygen atoms in total. The molecule has 0 aliphatic heterocycles. The summed E-state index contributed by atoms with van der Waals surface area (Å²) in [6.45, 7) is 0. The molecule has 2 aromatic rings. The summed E-state index contributed by atoms with van der Waals surface area (Å²) in [7, 11) is 0. The molecule has 2 atom stereocenters. The molecule has 0 saturated carbocycles. The average Bonchev–Trinajstić information content (AvgIpc) is 2.82. The van der Waals surface area contributed by atoms with Gasteiger partial charge in [-0.3, -0.25) is 4.98 Å². The Kier molecular flexibility index (Phi) is 3.48. The Labute approximate surface area is 122 Å². The maximum Gasteiger partial charge on any atom is 0.0902 e. The van der Waals surface area contributed by atoms with E-state index in [0.717, 1.165) is 18.5 Å². The van der Waals surface area contributed by atoms with Crippen LogP contribution in [0.2, 0.25) is 10.0 Å². The fourth-order valence-electron chi connectivity index (χ4n) is 2.75. The lowest BCUT2D eigenvalue weighted by molar-refractivity contribution is 0.143. The number of halogens is 2. The zero-order valence-corrected chi connectivity index (χ0v) is 11.7. The van der Waals surface area contributed by atoms with Crippen molar-refractivity contribution >= 4 is 23.2 Å². The third-order valence-corrected chi connectivity index (χ3v) is 4.34. The summed E-state index contributed by atoms with van der Waals surface area (Å²) in [6.07, 6.45) is 2.86. The molecule has 0 fully saturated rings. The zero-order valence-electron chi connectivity index (χ0n) is 10.2. The molecule has 1 aromatic carbocycles. The monoisotopic (exact) mass is 293 g/mol. The van der Waals surface area contributed by atoms with Crippen molar-refractivity contribution < 1.29 is 5.11 Å². The van der Waals surface area contributed by atoms with Crippen molar-refractivity contribution in [2.45, 2.75) is 24.9 Å². The molecular formula is C15H13Cl2NO. The molecule has 1 aromatic heterocycles. The van der Waals surface area contributed by atoms with Crippen molar-refractivity contribution in [3.63, 3.8) is 0 Å². The maximum atomic E-state index is 10.6. The average molecular weight is 294 g/mol. The smallest absolute Gasteiger partial charge is 0.0902 e. The molecule has 19 heavy (non-hydrogen) atoms. The van der Waals surface area contributed by atoms with E-state index in [0.29, 0.717) is 15.6 Å². The third-order valence-electron chi connectivity index (χ3n) is 3.68. The van der Waals surface area contributed by atoms with E-state index in [1.165, 1.54) is 5.56 Å². The Hall–Kier alpha value is -1.09. The van der Waals surface area contributed by atoms with Crippen molar-refractivity contribution in [2.75, 3.05) is 0 Å². The van der Waals surface area contributed by atoms with Gasteiger partial charge >= 0.3 is 0 Å². The molecule has 1 aliphatic carbocycles. The van der Waals surface area contributed by atoms with Gasteiger partial charge in [-0.1, -0.05) is 35.3 Å². The number of fused-ring (bicyclic) bond motifs is 1. The van der Waals surface area contributed by atoms with Gasteiger partial charge in [-0.05, 0) is 36.6 Å². The zero-order chi connectivity index (χ0) is 13.4. The number of hydrogen-bond donors (Lipinski definition) is 1. The van der Waals surface area contributed by atoms with Crippen LogP contribution in [-0.2, 0) is 6.42 Å². The summed E-state index contributed by atoms with van der Waals surface area (Å²) in [5.41, 5.74) is 2.77. The molecule has 1 aliphatic rings. The fourth-order valence-corrected chi connectivity index (χ4v) is 3.37. The number of aromatic nitrogens is 1. The van der Waals surface area contributed by atoms with E-state index in [1.54, 1.807) is 24.4 Å². The van der Waals surface area contributed by atoms with Crippen LogP contribution in [0.25, 0.3) is 0 Å². The van der Waals surface area contributed by atoms with Crippen LogP contribution in [0, 0.1) is 0 Å². The van der Waals surface area contributed by atoms with E-state index in [1.807, 2.05) is 6.07 Å². The lowest BCUT2D eigenvalue weighted by Gasteiger charge is -2.21. The molecular weight excluding hydrogens is 281 g/mol. The Balaban J connectivity index is 2.00. The Morgan fingerprint density at radius 3 is 2.63 bits per heavy atom. The lowest BCUT2D eigenvalue weighted by Crippen LogP contribution is -2.10. The van der Waals surface area contributed by atoms with Crippen molar-refractivity contribution in [3.8, 4) is 0 Å². The predicted molar refractivity (Wildman–Crippen MR) is 76.7 cm³/mol. The predicted octanol–water partition coefficient (Wildman–Crippen LogP) is 4.15. The van der Waals surface area contributed by atoms with E-state index in [-0.39, 0.29) is 5.92 Å². The second kappa shape index (κ2) is 5.12. The van der Waals surface area contributed by atoms with E-state index in [2.05, 4.69) is 11.1 Å². The summed E-state index contributed by atoms with van der Waals surface area (Å²) in [5, 5.41) is 11.6. The maximum absolute atomic E-state index is 10.6. The minimum Gasteiger partial charge on any atom is -0.388 e. The highest BCUT2D eigenvalue weighted by Crippen LogP contribution is 2.44. The quantitative estimate of drug-likeness (QED) is 0.902. The van der Waals surface area contributed by atoms with Gasteiger partial charge in [0.1, 0.15) is 0 Å². The van der Waals surface area contributed by atoms with Gasteiger partial charge in [0.05, 0.1) is 6.10 Å². The van der Waals surface area contributed by atoms with Crippen LogP contribution in [-0.4, -0.2) is 10.1 Å². The summed E-state index contributed by atoms with van der Waals surface area (Å²) < 4.78 is 0. The number of rotatable bonds is 2. The molecule has 1 heterocycles. The molecule has 0 amide bonds. The molecule has 98 valence electrons. The molecule has 0 bridgehead atoms. The number of aryl methyl sites for hydroxylation is 1. The Morgan fingerprint density at radius 2 is 1.89 bits per heavy atom. The van der Waals surface area contributed by atoms with Gasteiger partial charge in [0.25, 0.3) is 0 Å². The van der Waals surface area contributed by atoms with Gasteiger partial charge < -0.3 is 5.11 Å². The second-order valence-electron chi connectivity index (χ2n) is 4.77. The topological polar surface area (TPSA) is 33.1 Å². The van der Waals surface area contributed by atoms with Gasteiger partial charge in [0, 0.05) is 33.4 Å². The Morgan fingerprint density at radius 1 is 1.16 bits per heavy atom. The summed E-state index contributed by atoms with van der Waals surface area (Å²) in [4.78, 5) is 4.40.